The van der Waals surface area contributed by atoms with Crippen LogP contribution in [0, 0.1) is 5.82 Å². The molecule has 45 heavy (non-hydrogen) atoms. The first-order valence-electron chi connectivity index (χ1n) is 13.3. The molecule has 0 saturated carbocycles. The van der Waals surface area contributed by atoms with Gasteiger partial charge in [0.15, 0.2) is 0 Å². The van der Waals surface area contributed by atoms with E-state index in [1.807, 2.05) is 11.4 Å². The van der Waals surface area contributed by atoms with Gasteiger partial charge in [-0.3, -0.25) is 9.59 Å². The van der Waals surface area contributed by atoms with Gasteiger partial charge in [-0.2, -0.15) is 26.3 Å². The second-order valence-corrected chi connectivity index (χ2v) is 9.96. The van der Waals surface area contributed by atoms with Gasteiger partial charge in [0, 0.05) is 24.7 Å². The predicted octanol–water partition coefficient (Wildman–Crippen LogP) is 6.84. The second-order valence-electron chi connectivity index (χ2n) is 9.96. The summed E-state index contributed by atoms with van der Waals surface area (Å²) in [7, 11) is 0. The SMILES string of the molecule is Nc1cc(F)ccc1NC(=O)/C=C/c1ccc2c(c1)CCC2OC(=O)NCCC(=O)Nc1cc(C(F)(F)F)cc(C(F)(F)F)c1. The number of benzene rings is 3. The number of amides is 3. The highest BCUT2D eigenvalue weighted by Crippen LogP contribution is 2.38. The van der Waals surface area contributed by atoms with E-state index in [2.05, 4.69) is 10.6 Å². The molecule has 4 rings (SSSR count). The van der Waals surface area contributed by atoms with Crippen molar-refractivity contribution >= 4 is 41.0 Å². The molecule has 0 saturated heterocycles. The summed E-state index contributed by atoms with van der Waals surface area (Å²) in [5.41, 5.74) is 4.47. The number of carbonyl (C=O) groups excluding carboxylic acids is 3. The zero-order chi connectivity index (χ0) is 32.9. The maximum atomic E-state index is 13.2. The third-order valence-electron chi connectivity index (χ3n) is 6.63. The van der Waals surface area contributed by atoms with Crippen LogP contribution in [0.3, 0.4) is 0 Å². The molecule has 1 aliphatic carbocycles. The molecule has 0 bridgehead atoms. The lowest BCUT2D eigenvalue weighted by Gasteiger charge is -2.15. The average Bonchev–Trinajstić information content (AvgIpc) is 3.34. The van der Waals surface area contributed by atoms with Gasteiger partial charge in [-0.25, -0.2) is 9.18 Å². The van der Waals surface area contributed by atoms with Crippen LogP contribution in [0.5, 0.6) is 0 Å². The molecule has 0 spiro atoms. The maximum Gasteiger partial charge on any atom is 0.416 e. The fourth-order valence-corrected chi connectivity index (χ4v) is 4.52. The van der Waals surface area contributed by atoms with Crippen molar-refractivity contribution in [2.24, 2.45) is 0 Å². The number of carbonyl (C=O) groups is 3. The van der Waals surface area contributed by atoms with Crippen LogP contribution in [-0.2, 0) is 33.1 Å². The van der Waals surface area contributed by atoms with E-state index in [-0.39, 0.29) is 24.0 Å². The zero-order valence-electron chi connectivity index (χ0n) is 23.1. The van der Waals surface area contributed by atoms with Crippen LogP contribution in [0.4, 0.5) is 52.6 Å². The van der Waals surface area contributed by atoms with E-state index < -0.39 is 65.4 Å². The van der Waals surface area contributed by atoms with E-state index in [4.69, 9.17) is 10.5 Å². The number of rotatable bonds is 8. The predicted molar refractivity (Wildman–Crippen MR) is 150 cm³/mol. The molecule has 0 aliphatic heterocycles. The number of alkyl halides is 6. The molecule has 238 valence electrons. The van der Waals surface area contributed by atoms with E-state index in [1.165, 1.54) is 12.1 Å². The average molecular weight is 639 g/mol. The Morgan fingerprint density at radius 2 is 1.60 bits per heavy atom. The van der Waals surface area contributed by atoms with Crippen LogP contribution in [0.25, 0.3) is 6.08 Å². The van der Waals surface area contributed by atoms with Crippen molar-refractivity contribution in [1.82, 2.24) is 5.32 Å². The standard InChI is InChI=1S/C30H25F7N4O4/c31-20-4-6-24(23(38)15-20)41-26(42)8-2-16-1-5-22-17(11-16)3-7-25(22)45-28(44)39-10-9-27(43)40-21-13-18(29(32,33)34)12-19(14-21)30(35,36)37/h1-2,4-6,8,11-15,25H,3,7,9-10,38H2,(H,39,44)(H,40,43)(H,41,42)/b8-2+. The number of alkyl carbamates (subject to hydrolysis) is 1. The fraction of sp³-hybridized carbons (Fsp3) is 0.233. The van der Waals surface area contributed by atoms with Crippen LogP contribution >= 0.6 is 0 Å². The summed E-state index contributed by atoms with van der Waals surface area (Å²) in [6.07, 6.45) is -8.22. The molecule has 1 aliphatic rings. The summed E-state index contributed by atoms with van der Waals surface area (Å²) >= 11 is 0. The van der Waals surface area contributed by atoms with Crippen molar-refractivity contribution < 1.29 is 49.9 Å². The van der Waals surface area contributed by atoms with E-state index in [9.17, 15) is 45.1 Å². The third kappa shape index (κ3) is 8.97. The van der Waals surface area contributed by atoms with E-state index in [1.54, 1.807) is 18.2 Å². The Hall–Kier alpha value is -5.08. The van der Waals surface area contributed by atoms with Crippen molar-refractivity contribution in [2.45, 2.75) is 37.7 Å². The number of nitrogens with two attached hydrogens (primary N) is 1. The summed E-state index contributed by atoms with van der Waals surface area (Å²) in [5, 5.41) is 6.87. The smallest absolute Gasteiger partial charge is 0.416 e. The van der Waals surface area contributed by atoms with E-state index in [0.29, 0.717) is 30.5 Å². The molecule has 1 atom stereocenters. The number of aryl methyl sites for hydroxylation is 1. The van der Waals surface area contributed by atoms with Crippen molar-refractivity contribution in [3.8, 4) is 0 Å². The summed E-state index contributed by atoms with van der Waals surface area (Å²) in [6, 6.07) is 9.54. The quantitative estimate of drug-likeness (QED) is 0.122. The van der Waals surface area contributed by atoms with Crippen molar-refractivity contribution in [2.75, 3.05) is 22.9 Å². The monoisotopic (exact) mass is 638 g/mol. The molecule has 8 nitrogen and oxygen atoms in total. The molecule has 0 radical (unpaired) electrons. The van der Waals surface area contributed by atoms with Gasteiger partial charge < -0.3 is 26.4 Å². The summed E-state index contributed by atoms with van der Waals surface area (Å²) in [6.45, 7) is -0.301. The Morgan fingerprint density at radius 1 is 0.911 bits per heavy atom. The zero-order valence-corrected chi connectivity index (χ0v) is 23.1. The Bertz CT molecular complexity index is 1610. The van der Waals surface area contributed by atoms with Gasteiger partial charge in [0.1, 0.15) is 11.9 Å². The molecule has 0 aromatic heterocycles. The van der Waals surface area contributed by atoms with Gasteiger partial charge in [0.25, 0.3) is 0 Å². The first kappa shape index (κ1) is 32.8. The maximum absolute atomic E-state index is 13.2. The first-order valence-corrected chi connectivity index (χ1v) is 13.3. The number of hydrogen-bond donors (Lipinski definition) is 4. The molecule has 5 N–H and O–H groups in total. The molecule has 15 heteroatoms. The molecular formula is C30H25F7N4O4. The summed E-state index contributed by atoms with van der Waals surface area (Å²) < 4.78 is 96.7. The minimum Gasteiger partial charge on any atom is -0.441 e. The van der Waals surface area contributed by atoms with Gasteiger partial charge in [0.05, 0.1) is 22.5 Å². The van der Waals surface area contributed by atoms with Gasteiger partial charge in [-0.15, -0.1) is 0 Å². The molecule has 3 aromatic carbocycles. The lowest BCUT2D eigenvalue weighted by Crippen LogP contribution is -2.29. The highest BCUT2D eigenvalue weighted by atomic mass is 19.4. The Balaban J connectivity index is 1.26. The van der Waals surface area contributed by atoms with E-state index >= 15 is 0 Å². The number of nitrogen functional groups attached to an aromatic ring is 1. The highest BCUT2D eigenvalue weighted by Gasteiger charge is 2.37. The van der Waals surface area contributed by atoms with Crippen molar-refractivity contribution in [3.05, 3.63) is 94.3 Å². The fourth-order valence-electron chi connectivity index (χ4n) is 4.52. The summed E-state index contributed by atoms with van der Waals surface area (Å²) in [5.74, 6) is -1.95. The minimum absolute atomic E-state index is 0.0562. The number of anilines is 3. The summed E-state index contributed by atoms with van der Waals surface area (Å²) in [4.78, 5) is 36.7. The lowest BCUT2D eigenvalue weighted by molar-refractivity contribution is -0.143. The van der Waals surface area contributed by atoms with Crippen LogP contribution in [0.2, 0.25) is 0 Å². The largest absolute Gasteiger partial charge is 0.441 e. The molecule has 1 unspecified atom stereocenters. The first-order chi connectivity index (χ1) is 21.1. The molecule has 0 heterocycles. The van der Waals surface area contributed by atoms with Crippen LogP contribution in [0.15, 0.2) is 60.7 Å². The van der Waals surface area contributed by atoms with Crippen LogP contribution in [0.1, 0.15) is 46.8 Å². The molecular weight excluding hydrogens is 613 g/mol. The van der Waals surface area contributed by atoms with E-state index in [0.717, 1.165) is 23.3 Å². The number of fused-ring (bicyclic) bond motifs is 1. The van der Waals surface area contributed by atoms with Crippen molar-refractivity contribution in [3.63, 3.8) is 0 Å². The number of nitrogens with one attached hydrogen (secondary N) is 3. The molecule has 0 fully saturated rings. The number of hydrogen-bond acceptors (Lipinski definition) is 5. The van der Waals surface area contributed by atoms with Gasteiger partial charge in [-0.1, -0.05) is 18.2 Å². The minimum atomic E-state index is -5.07. The molecule has 3 aromatic rings. The van der Waals surface area contributed by atoms with Gasteiger partial charge in [-0.05, 0) is 72.0 Å². The Morgan fingerprint density at radius 3 is 2.24 bits per heavy atom. The topological polar surface area (TPSA) is 123 Å². The second kappa shape index (κ2) is 13.3. The van der Waals surface area contributed by atoms with Gasteiger partial charge in [0.2, 0.25) is 11.8 Å². The lowest BCUT2D eigenvalue weighted by atomic mass is 10.1. The van der Waals surface area contributed by atoms with Crippen molar-refractivity contribution in [1.29, 1.82) is 0 Å². The molecule has 3 amide bonds. The number of halogens is 7. The van der Waals surface area contributed by atoms with Crippen LogP contribution < -0.4 is 21.7 Å². The normalized spacial score (nSPS) is 14.6. The Labute approximate surface area is 251 Å². The highest BCUT2D eigenvalue weighted by molar-refractivity contribution is 6.03. The van der Waals surface area contributed by atoms with Crippen LogP contribution in [-0.4, -0.2) is 24.5 Å². The Kier molecular flexibility index (Phi) is 9.69. The number of ether oxygens (including phenoxy) is 1. The van der Waals surface area contributed by atoms with Gasteiger partial charge >= 0.3 is 18.4 Å². The third-order valence-corrected chi connectivity index (χ3v) is 6.63.